The summed E-state index contributed by atoms with van der Waals surface area (Å²) in [6.07, 6.45) is 4.84. The lowest BCUT2D eigenvalue weighted by atomic mass is 9.35. The first-order valence-corrected chi connectivity index (χ1v) is 8.82. The highest BCUT2D eigenvalue weighted by molar-refractivity contribution is 7.87. The molecule has 20 heavy (non-hydrogen) atoms. The number of alkyl halides is 1. The van der Waals surface area contributed by atoms with Gasteiger partial charge in [-0.2, -0.15) is 8.42 Å². The van der Waals surface area contributed by atoms with Crippen LogP contribution in [0.5, 0.6) is 0 Å². The highest BCUT2D eigenvalue weighted by Crippen LogP contribution is 2.72. The number of rotatable bonds is 5. The van der Waals surface area contributed by atoms with Gasteiger partial charge < -0.3 is 4.74 Å². The molecule has 0 heterocycles. The van der Waals surface area contributed by atoms with E-state index in [0.717, 1.165) is 37.5 Å². The van der Waals surface area contributed by atoms with Crippen LogP contribution in [0.15, 0.2) is 0 Å². The van der Waals surface area contributed by atoms with Crippen LogP contribution in [0, 0.1) is 29.1 Å². The molecule has 0 saturated heterocycles. The first-order chi connectivity index (χ1) is 9.15. The summed E-state index contributed by atoms with van der Waals surface area (Å²) in [4.78, 5) is 0. The molecule has 3 saturated carbocycles. The SMILES string of the molecule is CC1CC2CC3(COCC(C)(F)S(=O)(=O)O)CC(C1)C23. The van der Waals surface area contributed by atoms with Crippen molar-refractivity contribution in [2.45, 2.75) is 44.5 Å². The molecule has 3 unspecified atom stereocenters. The van der Waals surface area contributed by atoms with Crippen molar-refractivity contribution in [2.75, 3.05) is 13.2 Å². The second-order valence-corrected chi connectivity index (χ2v) is 9.26. The Morgan fingerprint density at radius 3 is 2.40 bits per heavy atom. The molecule has 1 N–H and O–H groups in total. The van der Waals surface area contributed by atoms with Gasteiger partial charge in [0.1, 0.15) is 0 Å². The van der Waals surface area contributed by atoms with E-state index in [1.165, 1.54) is 12.8 Å². The van der Waals surface area contributed by atoms with Crippen LogP contribution >= 0.6 is 0 Å². The summed E-state index contributed by atoms with van der Waals surface area (Å²) in [5.41, 5.74) is 0.171. The lowest BCUT2D eigenvalue weighted by Gasteiger charge is -2.71. The van der Waals surface area contributed by atoms with Gasteiger partial charge in [0.05, 0.1) is 13.2 Å². The van der Waals surface area contributed by atoms with Gasteiger partial charge >= 0.3 is 10.1 Å². The zero-order valence-electron chi connectivity index (χ0n) is 12.0. The van der Waals surface area contributed by atoms with E-state index in [-0.39, 0.29) is 5.41 Å². The van der Waals surface area contributed by atoms with Crippen LogP contribution in [-0.4, -0.2) is 31.2 Å². The van der Waals surface area contributed by atoms with E-state index in [1.54, 1.807) is 0 Å². The smallest absolute Gasteiger partial charge is 0.302 e. The van der Waals surface area contributed by atoms with Gasteiger partial charge in [-0.1, -0.05) is 6.92 Å². The van der Waals surface area contributed by atoms with Crippen LogP contribution in [-0.2, 0) is 14.9 Å². The van der Waals surface area contributed by atoms with Crippen molar-refractivity contribution in [3.63, 3.8) is 0 Å². The molecule has 3 fully saturated rings. The Hall–Kier alpha value is -0.200. The van der Waals surface area contributed by atoms with Crippen molar-refractivity contribution in [2.24, 2.45) is 29.1 Å². The summed E-state index contributed by atoms with van der Waals surface area (Å²) in [5, 5.41) is -2.71. The summed E-state index contributed by atoms with van der Waals surface area (Å²) < 4.78 is 49.6. The first-order valence-electron chi connectivity index (χ1n) is 7.38. The van der Waals surface area contributed by atoms with Crippen molar-refractivity contribution in [1.82, 2.24) is 0 Å². The normalized spacial score (nSPS) is 45.8. The van der Waals surface area contributed by atoms with Crippen LogP contribution in [0.3, 0.4) is 0 Å². The molecule has 0 aromatic heterocycles. The van der Waals surface area contributed by atoms with Crippen molar-refractivity contribution in [3.8, 4) is 0 Å². The first kappa shape index (κ1) is 14.7. The third kappa shape index (κ3) is 2.11. The molecule has 0 spiro atoms. The average molecular weight is 306 g/mol. The molecule has 0 amide bonds. The fourth-order valence-corrected chi connectivity index (χ4v) is 5.26. The Balaban J connectivity index is 1.52. The Bertz CT molecular complexity index is 485. The molecule has 3 aliphatic rings. The minimum Gasteiger partial charge on any atom is -0.376 e. The molecule has 0 aliphatic heterocycles. The number of hydrogen-bond acceptors (Lipinski definition) is 3. The predicted octanol–water partition coefficient (Wildman–Crippen LogP) is 2.65. The topological polar surface area (TPSA) is 63.6 Å². The van der Waals surface area contributed by atoms with E-state index in [0.29, 0.717) is 12.5 Å². The van der Waals surface area contributed by atoms with Gasteiger partial charge in [-0.25, -0.2) is 4.39 Å². The summed E-state index contributed by atoms with van der Waals surface area (Å²) in [6.45, 7) is 2.99. The Kier molecular flexibility index (Phi) is 3.24. The van der Waals surface area contributed by atoms with Crippen molar-refractivity contribution >= 4 is 10.1 Å². The van der Waals surface area contributed by atoms with Gasteiger partial charge in [0.25, 0.3) is 5.00 Å². The van der Waals surface area contributed by atoms with Gasteiger partial charge in [0.15, 0.2) is 0 Å². The molecule has 116 valence electrons. The molecular weight excluding hydrogens is 283 g/mol. The molecular formula is C14H23FO4S. The van der Waals surface area contributed by atoms with Gasteiger partial charge in [0, 0.05) is 0 Å². The average Bonchev–Trinajstić information content (AvgIpc) is 2.22. The zero-order valence-corrected chi connectivity index (χ0v) is 12.8. The minimum atomic E-state index is -4.72. The molecule has 0 radical (unpaired) electrons. The molecule has 0 aromatic carbocycles. The quantitative estimate of drug-likeness (QED) is 0.793. The van der Waals surface area contributed by atoms with Crippen molar-refractivity contribution in [1.29, 1.82) is 0 Å². The molecule has 0 aromatic rings. The Labute approximate surface area is 119 Å². The lowest BCUT2D eigenvalue weighted by Crippen LogP contribution is -2.65. The number of halogens is 1. The zero-order chi connectivity index (χ0) is 14.8. The standard InChI is InChI=1S/C14H23FO4S/c1-9-3-10-5-14(6-11(4-9)12(10)14)8-19-7-13(2,15)20(16,17)18/h9-12H,3-8H2,1-2H3,(H,16,17,18). The maximum Gasteiger partial charge on any atom is 0.302 e. The fraction of sp³-hybridized carbons (Fsp3) is 1.00. The van der Waals surface area contributed by atoms with Gasteiger partial charge in [0.2, 0.25) is 0 Å². The van der Waals surface area contributed by atoms with Crippen LogP contribution in [0.25, 0.3) is 0 Å². The van der Waals surface area contributed by atoms with E-state index in [4.69, 9.17) is 9.29 Å². The lowest BCUT2D eigenvalue weighted by molar-refractivity contribution is -0.243. The minimum absolute atomic E-state index is 0.171. The molecule has 3 atom stereocenters. The van der Waals surface area contributed by atoms with Crippen molar-refractivity contribution in [3.05, 3.63) is 0 Å². The summed E-state index contributed by atoms with van der Waals surface area (Å²) >= 11 is 0. The predicted molar refractivity (Wildman–Crippen MR) is 72.4 cm³/mol. The van der Waals surface area contributed by atoms with E-state index in [1.807, 2.05) is 0 Å². The summed E-state index contributed by atoms with van der Waals surface area (Å²) in [5.74, 6) is 3.10. The molecule has 3 rings (SSSR count). The fourth-order valence-electron chi connectivity index (χ4n) is 5.03. The second kappa shape index (κ2) is 4.40. The third-order valence-electron chi connectivity index (χ3n) is 5.76. The summed E-state index contributed by atoms with van der Waals surface area (Å²) in [6, 6.07) is 0. The van der Waals surface area contributed by atoms with Crippen LogP contribution in [0.2, 0.25) is 0 Å². The van der Waals surface area contributed by atoms with Crippen LogP contribution < -0.4 is 0 Å². The number of ether oxygens (including phenoxy) is 1. The highest BCUT2D eigenvalue weighted by Gasteiger charge is 2.66. The van der Waals surface area contributed by atoms with Gasteiger partial charge in [-0.15, -0.1) is 0 Å². The monoisotopic (exact) mass is 306 g/mol. The van der Waals surface area contributed by atoms with E-state index in [2.05, 4.69) is 6.92 Å². The third-order valence-corrected chi connectivity index (χ3v) is 6.95. The molecule has 0 bridgehead atoms. The van der Waals surface area contributed by atoms with Crippen LogP contribution in [0.1, 0.15) is 39.5 Å². The van der Waals surface area contributed by atoms with Crippen molar-refractivity contribution < 1.29 is 22.1 Å². The molecule has 4 nitrogen and oxygen atoms in total. The Morgan fingerprint density at radius 1 is 1.35 bits per heavy atom. The number of hydrogen-bond donors (Lipinski definition) is 1. The molecule has 6 heteroatoms. The van der Waals surface area contributed by atoms with Gasteiger partial charge in [-0.3, -0.25) is 4.55 Å². The van der Waals surface area contributed by atoms with E-state index in [9.17, 15) is 12.8 Å². The van der Waals surface area contributed by atoms with E-state index >= 15 is 0 Å². The summed E-state index contributed by atoms with van der Waals surface area (Å²) in [7, 11) is -4.72. The van der Waals surface area contributed by atoms with E-state index < -0.39 is 21.7 Å². The molecule has 3 aliphatic carbocycles. The van der Waals surface area contributed by atoms with Crippen LogP contribution in [0.4, 0.5) is 4.39 Å². The highest BCUT2D eigenvalue weighted by atomic mass is 32.2. The maximum atomic E-state index is 13.7. The van der Waals surface area contributed by atoms with Gasteiger partial charge in [-0.05, 0) is 61.7 Å². The maximum absolute atomic E-state index is 13.7. The second-order valence-electron chi connectivity index (χ2n) is 7.46. The Morgan fingerprint density at radius 2 is 1.90 bits per heavy atom. The largest absolute Gasteiger partial charge is 0.376 e.